The lowest BCUT2D eigenvalue weighted by Gasteiger charge is -2.57. The summed E-state index contributed by atoms with van der Waals surface area (Å²) >= 11 is 0. The molecule has 22 heavy (non-hydrogen) atoms. The Hall–Kier alpha value is -1.00. The van der Waals surface area contributed by atoms with E-state index in [-0.39, 0.29) is 6.10 Å². The van der Waals surface area contributed by atoms with Crippen LogP contribution < -0.4 is 0 Å². The van der Waals surface area contributed by atoms with Crippen molar-refractivity contribution in [2.45, 2.75) is 58.5 Å². The highest BCUT2D eigenvalue weighted by Gasteiger charge is 2.54. The Morgan fingerprint density at radius 3 is 2.91 bits per heavy atom. The molecule has 4 aliphatic carbocycles. The molecule has 0 aromatic heterocycles. The van der Waals surface area contributed by atoms with Crippen molar-refractivity contribution in [1.29, 1.82) is 0 Å². The lowest BCUT2D eigenvalue weighted by molar-refractivity contribution is -0.0263. The molecule has 0 heterocycles. The molecule has 0 spiro atoms. The van der Waals surface area contributed by atoms with Crippen LogP contribution in [-0.4, -0.2) is 11.2 Å². The molecule has 0 bridgehead atoms. The molecule has 0 amide bonds. The molecule has 4 unspecified atom stereocenters. The van der Waals surface area contributed by atoms with Gasteiger partial charge in [0.25, 0.3) is 0 Å². The first-order chi connectivity index (χ1) is 10.5. The number of hydrogen-bond acceptors (Lipinski definition) is 1. The summed E-state index contributed by atoms with van der Waals surface area (Å²) in [5.74, 6) is 6.74. The minimum Gasteiger partial charge on any atom is -0.389 e. The fourth-order valence-electron chi connectivity index (χ4n) is 6.50. The first kappa shape index (κ1) is 14.6. The monoisotopic (exact) mass is 296 g/mol. The predicted octanol–water partition coefficient (Wildman–Crippen LogP) is 4.34. The molecule has 2 saturated carbocycles. The maximum absolute atomic E-state index is 10.0. The third-order valence-electron chi connectivity index (χ3n) is 7.55. The van der Waals surface area contributed by atoms with Gasteiger partial charge in [-0.1, -0.05) is 37.5 Å². The Morgan fingerprint density at radius 1 is 1.32 bits per heavy atom. The van der Waals surface area contributed by atoms with E-state index in [0.29, 0.717) is 17.3 Å². The average Bonchev–Trinajstić information content (AvgIpc) is 2.94. The molecule has 1 N–H and O–H groups in total. The smallest absolute Gasteiger partial charge is 0.0724 e. The second kappa shape index (κ2) is 5.00. The topological polar surface area (TPSA) is 20.2 Å². The molecule has 2 fully saturated rings. The first-order valence-corrected chi connectivity index (χ1v) is 9.10. The average molecular weight is 296 g/mol. The number of fused-ring (bicyclic) bond motifs is 5. The SMILES string of the molecule is C#CC1=CCC2C3CCC4=C[C@@H](O)CC[C@]4(C)C3C[C@@H](C)C12. The zero-order valence-electron chi connectivity index (χ0n) is 13.9. The second-order valence-electron chi connectivity index (χ2n) is 8.47. The summed E-state index contributed by atoms with van der Waals surface area (Å²) in [7, 11) is 0. The third-order valence-corrected chi connectivity index (χ3v) is 7.55. The van der Waals surface area contributed by atoms with Crippen molar-refractivity contribution in [2.24, 2.45) is 35.0 Å². The first-order valence-electron chi connectivity index (χ1n) is 9.10. The molecular weight excluding hydrogens is 268 g/mol. The van der Waals surface area contributed by atoms with Crippen molar-refractivity contribution in [1.82, 2.24) is 0 Å². The van der Waals surface area contributed by atoms with Crippen molar-refractivity contribution in [3.05, 3.63) is 23.3 Å². The van der Waals surface area contributed by atoms with Crippen LogP contribution in [0.1, 0.15) is 52.4 Å². The highest BCUT2D eigenvalue weighted by molar-refractivity contribution is 5.35. The number of allylic oxidation sites excluding steroid dienone is 3. The van der Waals surface area contributed by atoms with Crippen LogP contribution in [0.15, 0.2) is 23.3 Å². The predicted molar refractivity (Wildman–Crippen MR) is 89.9 cm³/mol. The van der Waals surface area contributed by atoms with Crippen LogP contribution in [0.3, 0.4) is 0 Å². The number of terminal acetylenes is 1. The van der Waals surface area contributed by atoms with Gasteiger partial charge in [0.2, 0.25) is 0 Å². The zero-order chi connectivity index (χ0) is 15.5. The van der Waals surface area contributed by atoms with Gasteiger partial charge in [0.1, 0.15) is 0 Å². The summed E-state index contributed by atoms with van der Waals surface area (Å²) < 4.78 is 0. The minimum absolute atomic E-state index is 0.199. The van der Waals surface area contributed by atoms with Gasteiger partial charge in [0, 0.05) is 5.57 Å². The van der Waals surface area contributed by atoms with Crippen LogP contribution in [0.5, 0.6) is 0 Å². The van der Waals surface area contributed by atoms with E-state index in [9.17, 15) is 5.11 Å². The maximum Gasteiger partial charge on any atom is 0.0724 e. The molecule has 1 nitrogen and oxygen atoms in total. The molecule has 0 aromatic rings. The Kier molecular flexibility index (Phi) is 3.31. The molecule has 118 valence electrons. The van der Waals surface area contributed by atoms with E-state index < -0.39 is 0 Å². The summed E-state index contributed by atoms with van der Waals surface area (Å²) in [4.78, 5) is 0. The molecule has 4 aliphatic rings. The van der Waals surface area contributed by atoms with E-state index in [4.69, 9.17) is 6.42 Å². The molecule has 0 radical (unpaired) electrons. The van der Waals surface area contributed by atoms with Gasteiger partial charge in [-0.25, -0.2) is 0 Å². The molecule has 7 atom stereocenters. The molecule has 0 aliphatic heterocycles. The quantitative estimate of drug-likeness (QED) is 0.521. The fourth-order valence-corrected chi connectivity index (χ4v) is 6.50. The van der Waals surface area contributed by atoms with E-state index in [2.05, 4.69) is 31.9 Å². The van der Waals surface area contributed by atoms with Gasteiger partial charge in [0.15, 0.2) is 0 Å². The van der Waals surface area contributed by atoms with E-state index >= 15 is 0 Å². The van der Waals surface area contributed by atoms with Crippen LogP contribution in [-0.2, 0) is 0 Å². The largest absolute Gasteiger partial charge is 0.389 e. The van der Waals surface area contributed by atoms with Gasteiger partial charge in [0.05, 0.1) is 6.10 Å². The lowest BCUT2D eigenvalue weighted by atomic mass is 9.48. The van der Waals surface area contributed by atoms with Gasteiger partial charge in [-0.15, -0.1) is 6.42 Å². The van der Waals surface area contributed by atoms with Gasteiger partial charge >= 0.3 is 0 Å². The summed E-state index contributed by atoms with van der Waals surface area (Å²) in [6.45, 7) is 4.91. The molecule has 0 aromatic carbocycles. The van der Waals surface area contributed by atoms with Crippen molar-refractivity contribution in [2.75, 3.05) is 0 Å². The van der Waals surface area contributed by atoms with Gasteiger partial charge in [-0.05, 0) is 73.5 Å². The normalized spacial score (nSPS) is 50.1. The van der Waals surface area contributed by atoms with Crippen LogP contribution in [0.2, 0.25) is 0 Å². The number of hydrogen-bond donors (Lipinski definition) is 1. The fraction of sp³-hybridized carbons (Fsp3) is 0.714. The lowest BCUT2D eigenvalue weighted by Crippen LogP contribution is -2.49. The minimum atomic E-state index is -0.199. The van der Waals surface area contributed by atoms with Crippen molar-refractivity contribution in [3.63, 3.8) is 0 Å². The summed E-state index contributed by atoms with van der Waals surface area (Å²) in [6, 6.07) is 0. The van der Waals surface area contributed by atoms with E-state index in [1.807, 2.05) is 0 Å². The second-order valence-corrected chi connectivity index (χ2v) is 8.47. The third kappa shape index (κ3) is 1.89. The number of aliphatic hydroxyl groups excluding tert-OH is 1. The summed E-state index contributed by atoms with van der Waals surface area (Å²) in [5, 5.41) is 10.0. The summed E-state index contributed by atoms with van der Waals surface area (Å²) in [6.07, 6.45) is 17.2. The van der Waals surface area contributed by atoms with Gasteiger partial charge in [-0.2, -0.15) is 0 Å². The van der Waals surface area contributed by atoms with E-state index in [1.165, 1.54) is 37.7 Å². The summed E-state index contributed by atoms with van der Waals surface area (Å²) in [5.41, 5.74) is 3.18. The molecule has 0 saturated heterocycles. The van der Waals surface area contributed by atoms with Gasteiger partial charge in [-0.3, -0.25) is 0 Å². The van der Waals surface area contributed by atoms with Crippen molar-refractivity contribution < 1.29 is 5.11 Å². The van der Waals surface area contributed by atoms with E-state index in [1.54, 1.807) is 5.57 Å². The van der Waals surface area contributed by atoms with Crippen LogP contribution >= 0.6 is 0 Å². The number of aliphatic hydroxyl groups is 1. The van der Waals surface area contributed by atoms with Gasteiger partial charge < -0.3 is 5.11 Å². The number of rotatable bonds is 0. The Balaban J connectivity index is 1.68. The highest BCUT2D eigenvalue weighted by atomic mass is 16.3. The van der Waals surface area contributed by atoms with E-state index in [0.717, 1.165) is 24.2 Å². The van der Waals surface area contributed by atoms with Crippen LogP contribution in [0, 0.1) is 47.3 Å². The van der Waals surface area contributed by atoms with Crippen LogP contribution in [0.25, 0.3) is 0 Å². The maximum atomic E-state index is 10.0. The van der Waals surface area contributed by atoms with Crippen LogP contribution in [0.4, 0.5) is 0 Å². The standard InChI is InChI=1S/C21H28O/c1-4-14-5-7-18-17-8-6-15-12-16(22)9-10-21(15,3)19(17)11-13(2)20(14)18/h1,5,12-13,16-20,22H,6-11H2,2-3H3/t13-,16+,17?,18?,19?,20?,21+/m1/s1. The van der Waals surface area contributed by atoms with Crippen molar-refractivity contribution >= 4 is 0 Å². The van der Waals surface area contributed by atoms with Crippen molar-refractivity contribution in [3.8, 4) is 12.3 Å². The molecule has 4 rings (SSSR count). The highest BCUT2D eigenvalue weighted by Crippen LogP contribution is 2.62. The molecular formula is C21H28O. The Bertz CT molecular complexity index is 577. The Labute approximate surface area is 134 Å². The zero-order valence-corrected chi connectivity index (χ0v) is 13.9. The Morgan fingerprint density at radius 2 is 2.14 bits per heavy atom. The molecule has 1 heteroatoms.